The monoisotopic (exact) mass is 466 g/mol. The van der Waals surface area contributed by atoms with Crippen LogP contribution in [0.5, 0.6) is 0 Å². The Morgan fingerprint density at radius 2 is 1.08 bits per heavy atom. The molecule has 0 radical (unpaired) electrons. The molecule has 0 aromatic heterocycles. The average molecular weight is 468 g/mol. The van der Waals surface area contributed by atoms with Crippen LogP contribution in [0.1, 0.15) is 28.2 Å². The molecule has 0 amide bonds. The Morgan fingerprint density at radius 3 is 1.54 bits per heavy atom. The van der Waals surface area contributed by atoms with Crippen LogP contribution in [0.3, 0.4) is 0 Å². The van der Waals surface area contributed by atoms with Crippen molar-refractivity contribution < 1.29 is 0 Å². The molecule has 0 saturated heterocycles. The van der Waals surface area contributed by atoms with Crippen molar-refractivity contribution >= 4 is 40.8 Å². The van der Waals surface area contributed by atoms with Gasteiger partial charge in [0.25, 0.3) is 0 Å². The average Bonchev–Trinajstić information content (AvgIpc) is 2.69. The normalized spacial score (nSPS) is 12.5. The third kappa shape index (κ3) is 4.84. The second-order valence-corrected chi connectivity index (χ2v) is 7.85. The number of hydrogen-bond donors (Lipinski definition) is 0. The second-order valence-electron chi connectivity index (χ2n) is 6.14. The molecule has 2 heteroatoms. The molecule has 3 aromatic rings. The van der Waals surface area contributed by atoms with Crippen LogP contribution in [0, 0.1) is 6.92 Å². The summed E-state index contributed by atoms with van der Waals surface area (Å²) in [7, 11) is 0. The van der Waals surface area contributed by atoms with Gasteiger partial charge in [0.15, 0.2) is 0 Å². The van der Waals surface area contributed by atoms with E-state index in [1.165, 1.54) is 22.3 Å². The van der Waals surface area contributed by atoms with Crippen LogP contribution in [-0.2, 0) is 0 Å². The van der Waals surface area contributed by atoms with Crippen LogP contribution in [0.2, 0.25) is 0 Å². The standard InChI is InChI=1S/C24H20Br2/c1-18-10-8-9-15-22(18)21(16-23(25)19-11-4-2-5-12-19)17-24(26)20-13-6-3-7-14-20/h2-17,21H,1H3/b23-16-,24-17-. The van der Waals surface area contributed by atoms with E-state index in [-0.39, 0.29) is 5.92 Å². The van der Waals surface area contributed by atoms with Gasteiger partial charge in [0.2, 0.25) is 0 Å². The van der Waals surface area contributed by atoms with Crippen molar-refractivity contribution in [3.63, 3.8) is 0 Å². The summed E-state index contributed by atoms with van der Waals surface area (Å²) < 4.78 is 2.19. The topological polar surface area (TPSA) is 0 Å². The highest BCUT2D eigenvalue weighted by atomic mass is 79.9. The van der Waals surface area contributed by atoms with Crippen molar-refractivity contribution in [2.24, 2.45) is 0 Å². The number of hydrogen-bond acceptors (Lipinski definition) is 0. The summed E-state index contributed by atoms with van der Waals surface area (Å²) in [4.78, 5) is 0. The summed E-state index contributed by atoms with van der Waals surface area (Å²) >= 11 is 7.54. The van der Waals surface area contributed by atoms with Gasteiger partial charge in [0.05, 0.1) is 0 Å². The van der Waals surface area contributed by atoms with Gasteiger partial charge in [0, 0.05) is 14.9 Å². The first kappa shape index (κ1) is 18.9. The molecule has 3 aromatic carbocycles. The minimum Gasteiger partial charge on any atom is -0.0622 e. The maximum absolute atomic E-state index is 3.77. The van der Waals surface area contributed by atoms with Gasteiger partial charge >= 0.3 is 0 Å². The summed E-state index contributed by atoms with van der Waals surface area (Å²) in [5.74, 6) is 0.153. The Morgan fingerprint density at radius 1 is 0.654 bits per heavy atom. The number of aryl methyl sites for hydroxylation is 1. The highest BCUT2D eigenvalue weighted by molar-refractivity contribution is 9.15. The van der Waals surface area contributed by atoms with E-state index in [1.807, 2.05) is 12.1 Å². The lowest BCUT2D eigenvalue weighted by Crippen LogP contribution is -1.96. The molecule has 0 unspecified atom stereocenters. The zero-order chi connectivity index (χ0) is 18.4. The Kier molecular flexibility index (Phi) is 6.65. The van der Waals surface area contributed by atoms with Crippen LogP contribution >= 0.6 is 31.9 Å². The number of benzene rings is 3. The highest BCUT2D eigenvalue weighted by Crippen LogP contribution is 2.33. The van der Waals surface area contributed by atoms with E-state index < -0.39 is 0 Å². The summed E-state index contributed by atoms with van der Waals surface area (Å²) in [6.07, 6.45) is 4.53. The molecule has 0 heterocycles. The molecular formula is C24H20Br2. The number of allylic oxidation sites excluding steroid dienone is 2. The van der Waals surface area contributed by atoms with Gasteiger partial charge in [0.1, 0.15) is 0 Å². The fraction of sp³-hybridized carbons (Fsp3) is 0.0833. The fourth-order valence-electron chi connectivity index (χ4n) is 2.89. The predicted molar refractivity (Wildman–Crippen MR) is 121 cm³/mol. The van der Waals surface area contributed by atoms with Gasteiger partial charge < -0.3 is 0 Å². The maximum Gasteiger partial charge on any atom is 0.0229 e. The summed E-state index contributed by atoms with van der Waals surface area (Å²) in [5.41, 5.74) is 4.94. The second kappa shape index (κ2) is 9.16. The van der Waals surface area contributed by atoms with E-state index in [0.29, 0.717) is 0 Å². The molecule has 130 valence electrons. The van der Waals surface area contributed by atoms with Crippen LogP contribution in [0.4, 0.5) is 0 Å². The van der Waals surface area contributed by atoms with Crippen molar-refractivity contribution in [3.8, 4) is 0 Å². The maximum atomic E-state index is 3.77. The molecule has 26 heavy (non-hydrogen) atoms. The van der Waals surface area contributed by atoms with E-state index in [2.05, 4.69) is 124 Å². The fourth-order valence-corrected chi connectivity index (χ4v) is 3.99. The zero-order valence-electron chi connectivity index (χ0n) is 14.6. The number of halogens is 2. The summed E-state index contributed by atoms with van der Waals surface area (Å²) in [5, 5.41) is 0. The molecule has 0 aliphatic rings. The third-order valence-electron chi connectivity index (χ3n) is 4.30. The van der Waals surface area contributed by atoms with Crippen LogP contribution in [0.15, 0.2) is 97.1 Å². The highest BCUT2D eigenvalue weighted by Gasteiger charge is 2.12. The SMILES string of the molecule is Cc1ccccc1C(/C=C(\Br)c1ccccc1)/C=C(\Br)c1ccccc1. The summed E-state index contributed by atoms with van der Waals surface area (Å²) in [6, 6.07) is 29.3. The first-order chi connectivity index (χ1) is 12.6. The van der Waals surface area contributed by atoms with Crippen LogP contribution in [-0.4, -0.2) is 0 Å². The van der Waals surface area contributed by atoms with Crippen molar-refractivity contribution in [1.82, 2.24) is 0 Å². The molecular weight excluding hydrogens is 448 g/mol. The Labute approximate surface area is 172 Å². The molecule has 0 saturated carbocycles. The van der Waals surface area contributed by atoms with E-state index in [4.69, 9.17) is 0 Å². The molecule has 3 rings (SSSR count). The lowest BCUT2D eigenvalue weighted by molar-refractivity contribution is 1.07. The van der Waals surface area contributed by atoms with E-state index in [1.54, 1.807) is 0 Å². The third-order valence-corrected chi connectivity index (χ3v) is 5.74. The molecule has 0 fully saturated rings. The van der Waals surface area contributed by atoms with E-state index in [0.717, 1.165) is 8.96 Å². The predicted octanol–water partition coefficient (Wildman–Crippen LogP) is 7.95. The molecule has 0 N–H and O–H groups in total. The van der Waals surface area contributed by atoms with Gasteiger partial charge in [-0.25, -0.2) is 0 Å². The van der Waals surface area contributed by atoms with Gasteiger partial charge in [-0.05, 0) is 29.2 Å². The van der Waals surface area contributed by atoms with Gasteiger partial charge in [-0.2, -0.15) is 0 Å². The van der Waals surface area contributed by atoms with Gasteiger partial charge in [-0.3, -0.25) is 0 Å². The van der Waals surface area contributed by atoms with Gasteiger partial charge in [-0.1, -0.05) is 129 Å². The van der Waals surface area contributed by atoms with Crippen LogP contribution < -0.4 is 0 Å². The molecule has 0 bridgehead atoms. The molecule has 0 spiro atoms. The van der Waals surface area contributed by atoms with E-state index in [9.17, 15) is 0 Å². The first-order valence-electron chi connectivity index (χ1n) is 8.56. The van der Waals surface area contributed by atoms with Crippen molar-refractivity contribution in [1.29, 1.82) is 0 Å². The molecule has 0 atom stereocenters. The van der Waals surface area contributed by atoms with E-state index >= 15 is 0 Å². The molecule has 0 aliphatic carbocycles. The Balaban J connectivity index is 2.04. The van der Waals surface area contributed by atoms with Crippen molar-refractivity contribution in [3.05, 3.63) is 119 Å². The molecule has 0 aliphatic heterocycles. The lowest BCUT2D eigenvalue weighted by atomic mass is 9.93. The van der Waals surface area contributed by atoms with Crippen LogP contribution in [0.25, 0.3) is 8.96 Å². The lowest BCUT2D eigenvalue weighted by Gasteiger charge is -2.15. The first-order valence-corrected chi connectivity index (χ1v) is 10.1. The number of rotatable bonds is 5. The van der Waals surface area contributed by atoms with Gasteiger partial charge in [-0.15, -0.1) is 0 Å². The largest absolute Gasteiger partial charge is 0.0622 e. The minimum atomic E-state index is 0.153. The Hall–Kier alpha value is -1.90. The van der Waals surface area contributed by atoms with Crippen molar-refractivity contribution in [2.45, 2.75) is 12.8 Å². The summed E-state index contributed by atoms with van der Waals surface area (Å²) in [6.45, 7) is 2.16. The van der Waals surface area contributed by atoms with Crippen molar-refractivity contribution in [2.75, 3.05) is 0 Å². The Bertz CT molecular complexity index is 854. The smallest absolute Gasteiger partial charge is 0.0229 e. The minimum absolute atomic E-state index is 0.153. The quantitative estimate of drug-likeness (QED) is 0.357. The zero-order valence-corrected chi connectivity index (χ0v) is 17.7. The molecule has 0 nitrogen and oxygen atoms in total.